The van der Waals surface area contributed by atoms with E-state index >= 15 is 0 Å². The zero-order valence-corrected chi connectivity index (χ0v) is 15.5. The monoisotopic (exact) mass is 399 g/mol. The van der Waals surface area contributed by atoms with Crippen molar-refractivity contribution in [3.05, 3.63) is 65.7 Å². The smallest absolute Gasteiger partial charge is 0.410 e. The van der Waals surface area contributed by atoms with Crippen LogP contribution < -0.4 is 0 Å². The topological polar surface area (TPSA) is 64.4 Å². The van der Waals surface area contributed by atoms with E-state index in [1.165, 1.54) is 23.1 Å². The van der Waals surface area contributed by atoms with Crippen molar-refractivity contribution in [2.24, 2.45) is 0 Å². The molecule has 29 heavy (non-hydrogen) atoms. The van der Waals surface area contributed by atoms with Gasteiger partial charge in [0.15, 0.2) is 12.1 Å². The molecule has 6 nitrogen and oxygen atoms in total. The van der Waals surface area contributed by atoms with Crippen molar-refractivity contribution in [1.29, 1.82) is 0 Å². The van der Waals surface area contributed by atoms with Crippen LogP contribution in [0.1, 0.15) is 22.6 Å². The molecule has 0 bridgehead atoms. The molecule has 1 aliphatic rings. The number of benzene rings is 2. The van der Waals surface area contributed by atoms with Gasteiger partial charge in [0, 0.05) is 19.0 Å². The number of amides is 1. The Kier molecular flexibility index (Phi) is 5.24. The second kappa shape index (κ2) is 7.98. The average molecular weight is 399 g/mol. The summed E-state index contributed by atoms with van der Waals surface area (Å²) in [7, 11) is 0. The fraction of sp³-hybridized carbons (Fsp3) is 0.286. The predicted octanol–water partition coefficient (Wildman–Crippen LogP) is 3.74. The van der Waals surface area contributed by atoms with Crippen molar-refractivity contribution in [1.82, 2.24) is 14.5 Å². The maximum atomic E-state index is 14.1. The fourth-order valence-electron chi connectivity index (χ4n) is 3.67. The van der Waals surface area contributed by atoms with Gasteiger partial charge in [0.25, 0.3) is 0 Å². The van der Waals surface area contributed by atoms with Crippen molar-refractivity contribution in [2.75, 3.05) is 6.54 Å². The van der Waals surface area contributed by atoms with E-state index in [0.717, 1.165) is 5.56 Å². The van der Waals surface area contributed by atoms with Gasteiger partial charge >= 0.3 is 6.09 Å². The fourth-order valence-corrected chi connectivity index (χ4v) is 3.67. The molecule has 1 unspecified atom stereocenters. The Morgan fingerprint density at radius 3 is 2.79 bits per heavy atom. The van der Waals surface area contributed by atoms with Crippen LogP contribution in [0.3, 0.4) is 0 Å². The molecule has 0 spiro atoms. The largest absolute Gasteiger partial charge is 0.445 e. The van der Waals surface area contributed by atoms with E-state index in [-0.39, 0.29) is 31.9 Å². The second-order valence-electron chi connectivity index (χ2n) is 7.01. The lowest BCUT2D eigenvalue weighted by Crippen LogP contribution is -2.38. The molecule has 150 valence electrons. The van der Waals surface area contributed by atoms with Crippen LogP contribution in [0.25, 0.3) is 11.0 Å². The average Bonchev–Trinajstić information content (AvgIpc) is 3.26. The number of aldehydes is 1. The minimum atomic E-state index is -1.18. The van der Waals surface area contributed by atoms with Gasteiger partial charge in [-0.05, 0) is 17.7 Å². The Hall–Kier alpha value is -3.29. The summed E-state index contributed by atoms with van der Waals surface area (Å²) < 4.78 is 34.5. The Labute approximate surface area is 165 Å². The highest BCUT2D eigenvalue weighted by molar-refractivity contribution is 5.83. The number of hydrogen-bond acceptors (Lipinski definition) is 4. The first-order valence-electron chi connectivity index (χ1n) is 9.27. The molecule has 0 aliphatic carbocycles. The zero-order chi connectivity index (χ0) is 20.4. The number of fused-ring (bicyclic) bond motifs is 1. The Bertz CT molecular complexity index is 1040. The maximum Gasteiger partial charge on any atom is 0.410 e. The van der Waals surface area contributed by atoms with Gasteiger partial charge in [-0.3, -0.25) is 4.79 Å². The van der Waals surface area contributed by atoms with Gasteiger partial charge in [-0.15, -0.1) is 0 Å². The molecular weight excluding hydrogens is 380 g/mol. The number of ether oxygens (including phenoxy) is 1. The first-order chi connectivity index (χ1) is 14.0. The summed E-state index contributed by atoms with van der Waals surface area (Å²) in [6.45, 7) is 0.180. The van der Waals surface area contributed by atoms with E-state index in [1.807, 2.05) is 30.3 Å². The van der Waals surface area contributed by atoms with E-state index in [9.17, 15) is 18.4 Å². The summed E-state index contributed by atoms with van der Waals surface area (Å²) in [5.41, 5.74) is 1.72. The molecule has 0 radical (unpaired) electrons. The third-order valence-corrected chi connectivity index (χ3v) is 5.04. The third-order valence-electron chi connectivity index (χ3n) is 5.04. The molecule has 1 fully saturated rings. The van der Waals surface area contributed by atoms with Gasteiger partial charge in [-0.25, -0.2) is 18.6 Å². The van der Waals surface area contributed by atoms with Crippen molar-refractivity contribution in [3.8, 4) is 0 Å². The number of likely N-dealkylation sites (tertiary alicyclic amines) is 1. The van der Waals surface area contributed by atoms with E-state index in [1.54, 1.807) is 4.57 Å². The van der Waals surface area contributed by atoms with Crippen LogP contribution in [-0.2, 0) is 17.9 Å². The summed E-state index contributed by atoms with van der Waals surface area (Å²) >= 11 is 0. The predicted molar refractivity (Wildman–Crippen MR) is 102 cm³/mol. The van der Waals surface area contributed by atoms with Crippen LogP contribution in [0.4, 0.5) is 13.6 Å². The zero-order valence-electron chi connectivity index (χ0n) is 15.5. The minimum absolute atomic E-state index is 0.0734. The number of alkyl halides is 1. The quantitative estimate of drug-likeness (QED) is 0.613. The summed E-state index contributed by atoms with van der Waals surface area (Å²) in [6, 6.07) is 12.7. The molecule has 1 amide bonds. The molecule has 1 aromatic heterocycles. The molecular formula is C21H19F2N3O3. The number of imidazole rings is 1. The van der Waals surface area contributed by atoms with E-state index in [2.05, 4.69) is 4.98 Å². The van der Waals surface area contributed by atoms with Crippen LogP contribution in [0.2, 0.25) is 0 Å². The van der Waals surface area contributed by atoms with Gasteiger partial charge in [-0.2, -0.15) is 0 Å². The lowest BCUT2D eigenvalue weighted by molar-refractivity contribution is 0.0881. The van der Waals surface area contributed by atoms with Gasteiger partial charge in [-0.1, -0.05) is 30.3 Å². The number of carbonyl (C=O) groups is 2. The van der Waals surface area contributed by atoms with Crippen LogP contribution in [0.5, 0.6) is 0 Å². The van der Waals surface area contributed by atoms with E-state index in [4.69, 9.17) is 4.74 Å². The lowest BCUT2D eigenvalue weighted by atomic mass is 10.2. The van der Waals surface area contributed by atoms with Crippen LogP contribution in [0.15, 0.2) is 48.5 Å². The summed E-state index contributed by atoms with van der Waals surface area (Å²) in [6.07, 6.45) is -1.10. The number of hydrogen-bond donors (Lipinski definition) is 0. The first-order valence-corrected chi connectivity index (χ1v) is 9.27. The van der Waals surface area contributed by atoms with Gasteiger partial charge in [0.1, 0.15) is 18.6 Å². The van der Waals surface area contributed by atoms with Crippen molar-refractivity contribution in [2.45, 2.75) is 31.8 Å². The molecule has 2 heterocycles. The highest BCUT2D eigenvalue weighted by Gasteiger charge is 2.37. The molecule has 0 saturated carbocycles. The summed E-state index contributed by atoms with van der Waals surface area (Å²) in [5, 5.41) is 0. The number of rotatable bonds is 5. The number of aromatic nitrogens is 2. The SMILES string of the molecule is O=Cc1nc2cc(F)ccc2n1C[C@@H]1CC(F)CN1C(=O)OCc1ccccc1. The number of carbonyl (C=O) groups excluding carboxylic acids is 2. The molecule has 8 heteroatoms. The maximum absolute atomic E-state index is 14.1. The minimum Gasteiger partial charge on any atom is -0.445 e. The molecule has 0 N–H and O–H groups in total. The molecule has 4 rings (SSSR count). The van der Waals surface area contributed by atoms with Crippen molar-refractivity contribution < 1.29 is 23.1 Å². The van der Waals surface area contributed by atoms with Crippen molar-refractivity contribution in [3.63, 3.8) is 0 Å². The Morgan fingerprint density at radius 2 is 2.03 bits per heavy atom. The van der Waals surface area contributed by atoms with Crippen LogP contribution >= 0.6 is 0 Å². The Morgan fingerprint density at radius 1 is 1.24 bits per heavy atom. The number of halogens is 2. The van der Waals surface area contributed by atoms with Gasteiger partial charge < -0.3 is 14.2 Å². The lowest BCUT2D eigenvalue weighted by Gasteiger charge is -2.24. The van der Waals surface area contributed by atoms with Gasteiger partial charge in [0.2, 0.25) is 0 Å². The van der Waals surface area contributed by atoms with E-state index < -0.39 is 24.1 Å². The summed E-state index contributed by atoms with van der Waals surface area (Å²) in [5.74, 6) is -0.360. The third kappa shape index (κ3) is 3.96. The second-order valence-corrected chi connectivity index (χ2v) is 7.01. The molecule has 3 aromatic rings. The van der Waals surface area contributed by atoms with Crippen LogP contribution in [-0.4, -0.2) is 45.6 Å². The molecule has 2 aromatic carbocycles. The standard InChI is InChI=1S/C21H19F2N3O3/c22-15-6-7-19-18(9-15)24-20(12-27)26(19)11-17-8-16(23)10-25(17)21(28)29-13-14-4-2-1-3-5-14/h1-7,9,12,16-17H,8,10-11,13H2/t16?,17-/m0/s1. The highest BCUT2D eigenvalue weighted by atomic mass is 19.1. The number of nitrogens with zero attached hydrogens (tertiary/aromatic N) is 3. The van der Waals surface area contributed by atoms with Gasteiger partial charge in [0.05, 0.1) is 23.6 Å². The van der Waals surface area contributed by atoms with Crippen LogP contribution in [0, 0.1) is 5.82 Å². The first kappa shape index (κ1) is 19.0. The molecule has 1 aliphatic heterocycles. The summed E-state index contributed by atoms with van der Waals surface area (Å²) in [4.78, 5) is 29.5. The normalized spacial score (nSPS) is 18.9. The van der Waals surface area contributed by atoms with Crippen molar-refractivity contribution >= 4 is 23.4 Å². The molecule has 1 saturated heterocycles. The Balaban J connectivity index is 1.53. The highest BCUT2D eigenvalue weighted by Crippen LogP contribution is 2.26. The molecule has 2 atom stereocenters. The van der Waals surface area contributed by atoms with E-state index in [0.29, 0.717) is 17.3 Å².